The number of hydrogen-bond donors (Lipinski definition) is 1. The maximum absolute atomic E-state index is 13.1. The Labute approximate surface area is 128 Å². The minimum atomic E-state index is -3.46. The molecule has 1 saturated heterocycles. The first-order chi connectivity index (χ1) is 9.78. The number of sulfonamides is 1. The van der Waals surface area contributed by atoms with Crippen LogP contribution in [0.15, 0.2) is 17.0 Å². The van der Waals surface area contributed by atoms with E-state index in [-0.39, 0.29) is 12.1 Å². The zero-order valence-corrected chi connectivity index (χ0v) is 14.2. The lowest BCUT2D eigenvalue weighted by molar-refractivity contribution is 0.204. The fraction of sp³-hybridized carbons (Fsp3) is 0.625. The Hall–Kier alpha value is -0.910. The third-order valence-electron chi connectivity index (χ3n) is 4.52. The van der Waals surface area contributed by atoms with Crippen LogP contribution in [0.25, 0.3) is 0 Å². The molecule has 1 fully saturated rings. The van der Waals surface area contributed by atoms with Crippen molar-refractivity contribution in [2.24, 2.45) is 5.73 Å². The minimum Gasteiger partial charge on any atom is -0.326 e. The second-order valence-corrected chi connectivity index (χ2v) is 8.02. The molecule has 1 aliphatic rings. The van der Waals surface area contributed by atoms with Crippen LogP contribution in [-0.2, 0) is 16.6 Å². The Bertz CT molecular complexity index is 615. The summed E-state index contributed by atoms with van der Waals surface area (Å²) in [7, 11) is -3.46. The largest absolute Gasteiger partial charge is 0.326 e. The lowest BCUT2D eigenvalue weighted by atomic mass is 10.0. The Morgan fingerprint density at radius 3 is 2.24 bits per heavy atom. The quantitative estimate of drug-likeness (QED) is 0.933. The summed E-state index contributed by atoms with van der Waals surface area (Å²) in [6.07, 6.45) is 2.95. The first-order valence-electron chi connectivity index (χ1n) is 7.62. The van der Waals surface area contributed by atoms with Crippen LogP contribution in [0.2, 0.25) is 0 Å². The molecule has 1 heterocycles. The van der Waals surface area contributed by atoms with E-state index in [1.165, 1.54) is 0 Å². The van der Waals surface area contributed by atoms with E-state index in [9.17, 15) is 8.42 Å². The normalized spacial score (nSPS) is 24.2. The van der Waals surface area contributed by atoms with Gasteiger partial charge in [-0.25, -0.2) is 8.42 Å². The topological polar surface area (TPSA) is 63.4 Å². The van der Waals surface area contributed by atoms with Gasteiger partial charge in [-0.15, -0.1) is 0 Å². The fourth-order valence-corrected chi connectivity index (χ4v) is 5.50. The second-order valence-electron chi connectivity index (χ2n) is 6.21. The van der Waals surface area contributed by atoms with Crippen molar-refractivity contribution in [3.63, 3.8) is 0 Å². The van der Waals surface area contributed by atoms with E-state index in [2.05, 4.69) is 0 Å². The van der Waals surface area contributed by atoms with Crippen LogP contribution in [0.1, 0.15) is 49.8 Å². The van der Waals surface area contributed by atoms with Gasteiger partial charge in [0.15, 0.2) is 0 Å². The van der Waals surface area contributed by atoms with Gasteiger partial charge in [0.25, 0.3) is 0 Å². The van der Waals surface area contributed by atoms with Gasteiger partial charge in [0.05, 0.1) is 4.90 Å². The third kappa shape index (κ3) is 3.00. The summed E-state index contributed by atoms with van der Waals surface area (Å²) in [5.41, 5.74) is 8.49. The molecule has 2 unspecified atom stereocenters. The summed E-state index contributed by atoms with van der Waals surface area (Å²) in [5.74, 6) is 0. The van der Waals surface area contributed by atoms with Gasteiger partial charge in [-0.1, -0.05) is 12.5 Å². The molecule has 0 aromatic heterocycles. The zero-order valence-electron chi connectivity index (χ0n) is 13.4. The standard InChI is InChI=1S/C16H26N2O2S/c1-11-8-12(2)16(9-15(11)10-17)21(19,20)18-13(3)6-5-7-14(18)4/h8-9,13-14H,5-7,10,17H2,1-4H3. The molecule has 118 valence electrons. The molecule has 0 spiro atoms. The predicted octanol–water partition coefficient (Wildman–Crippen LogP) is 2.71. The molecule has 1 aromatic rings. The van der Waals surface area contributed by atoms with Crippen molar-refractivity contribution < 1.29 is 8.42 Å². The van der Waals surface area contributed by atoms with Gasteiger partial charge < -0.3 is 5.73 Å². The summed E-state index contributed by atoms with van der Waals surface area (Å²) in [6.45, 7) is 8.19. The predicted molar refractivity (Wildman–Crippen MR) is 85.6 cm³/mol. The van der Waals surface area contributed by atoms with Crippen molar-refractivity contribution in [3.8, 4) is 0 Å². The Morgan fingerprint density at radius 1 is 1.14 bits per heavy atom. The van der Waals surface area contributed by atoms with Crippen molar-refractivity contribution in [3.05, 3.63) is 28.8 Å². The molecule has 0 saturated carbocycles. The average Bonchev–Trinajstić information content (AvgIpc) is 2.38. The SMILES string of the molecule is Cc1cc(C)c(S(=O)(=O)N2C(C)CCCC2C)cc1CN. The number of aryl methyl sites for hydroxylation is 2. The summed E-state index contributed by atoms with van der Waals surface area (Å²) in [4.78, 5) is 0.411. The molecule has 0 aliphatic carbocycles. The lowest BCUT2D eigenvalue weighted by Crippen LogP contribution is -2.47. The van der Waals surface area contributed by atoms with Crippen LogP contribution >= 0.6 is 0 Å². The van der Waals surface area contributed by atoms with Crippen LogP contribution in [0, 0.1) is 13.8 Å². The van der Waals surface area contributed by atoms with Crippen LogP contribution in [0.5, 0.6) is 0 Å². The van der Waals surface area contributed by atoms with Gasteiger partial charge >= 0.3 is 0 Å². The van der Waals surface area contributed by atoms with E-state index in [1.807, 2.05) is 33.8 Å². The maximum Gasteiger partial charge on any atom is 0.243 e. The van der Waals surface area contributed by atoms with E-state index < -0.39 is 10.0 Å². The highest BCUT2D eigenvalue weighted by atomic mass is 32.2. The molecule has 0 bridgehead atoms. The van der Waals surface area contributed by atoms with Gasteiger partial charge in [-0.2, -0.15) is 4.31 Å². The van der Waals surface area contributed by atoms with Crippen molar-refractivity contribution in [1.29, 1.82) is 0 Å². The average molecular weight is 310 g/mol. The number of nitrogens with zero attached hydrogens (tertiary/aromatic N) is 1. The minimum absolute atomic E-state index is 0.0563. The smallest absolute Gasteiger partial charge is 0.243 e. The van der Waals surface area contributed by atoms with E-state index in [1.54, 1.807) is 10.4 Å². The molecule has 2 N–H and O–H groups in total. The maximum atomic E-state index is 13.1. The molecule has 21 heavy (non-hydrogen) atoms. The molecule has 2 rings (SSSR count). The number of rotatable bonds is 3. The van der Waals surface area contributed by atoms with Crippen molar-refractivity contribution in [2.75, 3.05) is 0 Å². The van der Waals surface area contributed by atoms with E-state index in [0.717, 1.165) is 36.0 Å². The summed E-state index contributed by atoms with van der Waals surface area (Å²) >= 11 is 0. The molecule has 4 nitrogen and oxygen atoms in total. The van der Waals surface area contributed by atoms with Crippen molar-refractivity contribution in [2.45, 2.75) is 70.5 Å². The Balaban J connectivity index is 2.53. The highest BCUT2D eigenvalue weighted by Crippen LogP contribution is 2.31. The van der Waals surface area contributed by atoms with Crippen LogP contribution in [0.4, 0.5) is 0 Å². The van der Waals surface area contributed by atoms with E-state index in [0.29, 0.717) is 11.4 Å². The van der Waals surface area contributed by atoms with Gasteiger partial charge in [-0.05, 0) is 63.3 Å². The molecule has 2 atom stereocenters. The van der Waals surface area contributed by atoms with Gasteiger partial charge in [-0.3, -0.25) is 0 Å². The first-order valence-corrected chi connectivity index (χ1v) is 9.06. The first kappa shape index (κ1) is 16.5. The molecule has 0 amide bonds. The molecule has 1 aromatic carbocycles. The number of piperidine rings is 1. The highest BCUT2D eigenvalue weighted by molar-refractivity contribution is 7.89. The number of nitrogens with two attached hydrogens (primary N) is 1. The summed E-state index contributed by atoms with van der Waals surface area (Å²) < 4.78 is 27.9. The fourth-order valence-electron chi connectivity index (χ4n) is 3.36. The number of hydrogen-bond acceptors (Lipinski definition) is 3. The molecule has 0 radical (unpaired) electrons. The van der Waals surface area contributed by atoms with Crippen molar-refractivity contribution >= 4 is 10.0 Å². The lowest BCUT2D eigenvalue weighted by Gasteiger charge is -2.38. The number of benzene rings is 1. The van der Waals surface area contributed by atoms with Gasteiger partial charge in [0.1, 0.15) is 0 Å². The molecule has 1 aliphatic heterocycles. The highest BCUT2D eigenvalue weighted by Gasteiger charge is 2.36. The summed E-state index contributed by atoms with van der Waals surface area (Å²) in [5, 5.41) is 0. The summed E-state index contributed by atoms with van der Waals surface area (Å²) in [6, 6.07) is 3.80. The Kier molecular flexibility index (Phi) is 4.76. The van der Waals surface area contributed by atoms with E-state index in [4.69, 9.17) is 5.73 Å². The van der Waals surface area contributed by atoms with E-state index >= 15 is 0 Å². The van der Waals surface area contributed by atoms with Crippen molar-refractivity contribution in [1.82, 2.24) is 4.31 Å². The van der Waals surface area contributed by atoms with Gasteiger partial charge in [0.2, 0.25) is 10.0 Å². The molecule has 5 heteroatoms. The van der Waals surface area contributed by atoms with Crippen LogP contribution in [-0.4, -0.2) is 24.8 Å². The third-order valence-corrected chi connectivity index (χ3v) is 6.79. The molecular formula is C16H26N2O2S. The second kappa shape index (κ2) is 6.07. The van der Waals surface area contributed by atoms with Crippen LogP contribution < -0.4 is 5.73 Å². The Morgan fingerprint density at radius 2 is 1.71 bits per heavy atom. The molecular weight excluding hydrogens is 284 g/mol. The van der Waals surface area contributed by atoms with Crippen LogP contribution in [0.3, 0.4) is 0 Å². The zero-order chi connectivity index (χ0) is 15.8. The monoisotopic (exact) mass is 310 g/mol. The van der Waals surface area contributed by atoms with Gasteiger partial charge in [0, 0.05) is 18.6 Å².